The maximum Gasteiger partial charge on any atom is 0.341 e. The molecule has 1 heterocycles. The molecule has 2 aromatic carbocycles. The summed E-state index contributed by atoms with van der Waals surface area (Å²) in [5.41, 5.74) is 1.87. The van der Waals surface area contributed by atoms with E-state index in [9.17, 15) is 14.0 Å². The van der Waals surface area contributed by atoms with Gasteiger partial charge in [0.05, 0.1) is 13.2 Å². The maximum atomic E-state index is 13.4. The first-order chi connectivity index (χ1) is 14.0. The highest BCUT2D eigenvalue weighted by molar-refractivity contribution is 7.15. The van der Waals surface area contributed by atoms with Gasteiger partial charge in [-0.15, -0.1) is 11.3 Å². The maximum absolute atomic E-state index is 13.4. The van der Waals surface area contributed by atoms with Crippen LogP contribution in [0.25, 0.3) is 11.1 Å². The van der Waals surface area contributed by atoms with Gasteiger partial charge in [-0.25, -0.2) is 9.18 Å². The largest absolute Gasteiger partial charge is 0.494 e. The van der Waals surface area contributed by atoms with Crippen LogP contribution in [0.2, 0.25) is 0 Å². The van der Waals surface area contributed by atoms with Crippen LogP contribution in [0.1, 0.15) is 34.6 Å². The molecule has 0 atom stereocenters. The molecular weight excluding hydrogens is 393 g/mol. The molecule has 5 nitrogen and oxygen atoms in total. The van der Waals surface area contributed by atoms with Gasteiger partial charge in [-0.05, 0) is 49.7 Å². The van der Waals surface area contributed by atoms with Gasteiger partial charge in [-0.1, -0.05) is 18.2 Å². The molecule has 7 heteroatoms. The van der Waals surface area contributed by atoms with E-state index in [4.69, 9.17) is 9.47 Å². The molecule has 1 N–H and O–H groups in total. The predicted molar refractivity (Wildman–Crippen MR) is 111 cm³/mol. The Labute approximate surface area is 172 Å². The van der Waals surface area contributed by atoms with Crippen molar-refractivity contribution in [2.24, 2.45) is 0 Å². The number of rotatable bonds is 7. The van der Waals surface area contributed by atoms with Crippen LogP contribution in [0, 0.1) is 5.82 Å². The molecule has 0 aliphatic rings. The van der Waals surface area contributed by atoms with E-state index in [1.165, 1.54) is 29.5 Å². The van der Waals surface area contributed by atoms with Crippen LogP contribution in [0.4, 0.5) is 9.39 Å². The lowest BCUT2D eigenvalue weighted by Crippen LogP contribution is -2.15. The van der Waals surface area contributed by atoms with E-state index in [0.717, 1.165) is 17.4 Å². The Morgan fingerprint density at radius 2 is 1.83 bits per heavy atom. The van der Waals surface area contributed by atoms with Crippen molar-refractivity contribution in [2.45, 2.75) is 13.8 Å². The smallest absolute Gasteiger partial charge is 0.341 e. The molecule has 0 unspecified atom stereocenters. The zero-order valence-corrected chi connectivity index (χ0v) is 16.8. The van der Waals surface area contributed by atoms with Crippen molar-refractivity contribution in [1.82, 2.24) is 0 Å². The summed E-state index contributed by atoms with van der Waals surface area (Å²) in [6, 6.07) is 12.7. The number of hydrogen-bond acceptors (Lipinski definition) is 5. The van der Waals surface area contributed by atoms with Crippen molar-refractivity contribution in [3.63, 3.8) is 0 Å². The molecule has 0 radical (unpaired) electrons. The molecule has 0 spiro atoms. The topological polar surface area (TPSA) is 64.6 Å². The summed E-state index contributed by atoms with van der Waals surface area (Å²) < 4.78 is 24.1. The number of esters is 1. The van der Waals surface area contributed by atoms with Crippen LogP contribution in [-0.4, -0.2) is 25.1 Å². The van der Waals surface area contributed by atoms with Crippen LogP contribution in [0.3, 0.4) is 0 Å². The number of halogens is 1. The third kappa shape index (κ3) is 4.81. The van der Waals surface area contributed by atoms with E-state index in [2.05, 4.69) is 5.32 Å². The van der Waals surface area contributed by atoms with Crippen molar-refractivity contribution in [3.8, 4) is 16.9 Å². The van der Waals surface area contributed by atoms with E-state index >= 15 is 0 Å². The number of ether oxygens (including phenoxy) is 2. The van der Waals surface area contributed by atoms with Gasteiger partial charge in [0, 0.05) is 16.5 Å². The minimum Gasteiger partial charge on any atom is -0.494 e. The second-order valence-electron chi connectivity index (χ2n) is 6.00. The monoisotopic (exact) mass is 413 g/mol. The Morgan fingerprint density at radius 3 is 2.48 bits per heavy atom. The van der Waals surface area contributed by atoms with Crippen molar-refractivity contribution >= 4 is 28.2 Å². The summed E-state index contributed by atoms with van der Waals surface area (Å²) in [5.74, 6) is -0.823. The normalized spacial score (nSPS) is 10.4. The Hall–Kier alpha value is -3.19. The van der Waals surface area contributed by atoms with Gasteiger partial charge in [-0.3, -0.25) is 4.79 Å². The molecule has 150 valence electrons. The zero-order chi connectivity index (χ0) is 20.8. The SMILES string of the molecule is CCOC(=O)c1c(-c2ccc(OCC)cc2)csc1NC(=O)c1cccc(F)c1. The number of carbonyl (C=O) groups excluding carboxylic acids is 2. The number of thiophene rings is 1. The second-order valence-corrected chi connectivity index (χ2v) is 6.88. The van der Waals surface area contributed by atoms with Crippen molar-refractivity contribution < 1.29 is 23.5 Å². The van der Waals surface area contributed by atoms with Crippen molar-refractivity contribution in [3.05, 3.63) is 70.9 Å². The summed E-state index contributed by atoms with van der Waals surface area (Å²) in [4.78, 5) is 25.1. The first-order valence-corrected chi connectivity index (χ1v) is 10.00. The number of anilines is 1. The van der Waals surface area contributed by atoms with Gasteiger partial charge >= 0.3 is 5.97 Å². The standard InChI is InChI=1S/C22H20FNO4S/c1-3-27-17-10-8-14(9-11-17)18-13-29-21(19(18)22(26)28-4-2)24-20(25)15-6-5-7-16(23)12-15/h5-13H,3-4H2,1-2H3,(H,24,25). The highest BCUT2D eigenvalue weighted by Gasteiger charge is 2.23. The van der Waals surface area contributed by atoms with Gasteiger partial charge in [-0.2, -0.15) is 0 Å². The lowest BCUT2D eigenvalue weighted by molar-refractivity contribution is 0.0529. The molecule has 1 amide bonds. The molecule has 0 aliphatic carbocycles. The number of benzene rings is 2. The molecule has 0 fully saturated rings. The number of nitrogens with one attached hydrogen (secondary N) is 1. The fourth-order valence-corrected chi connectivity index (χ4v) is 3.72. The summed E-state index contributed by atoms with van der Waals surface area (Å²) in [5, 5.41) is 4.83. The van der Waals surface area contributed by atoms with Gasteiger partial charge in [0.1, 0.15) is 22.1 Å². The van der Waals surface area contributed by atoms with Crippen LogP contribution >= 0.6 is 11.3 Å². The average Bonchev–Trinajstić information content (AvgIpc) is 3.12. The Kier molecular flexibility index (Phi) is 6.61. The summed E-state index contributed by atoms with van der Waals surface area (Å²) in [7, 11) is 0. The van der Waals surface area contributed by atoms with Gasteiger partial charge in [0.15, 0.2) is 0 Å². The number of carbonyl (C=O) groups is 2. The molecule has 0 saturated heterocycles. The molecule has 0 bridgehead atoms. The average molecular weight is 413 g/mol. The minimum atomic E-state index is -0.535. The Bertz CT molecular complexity index is 1010. The van der Waals surface area contributed by atoms with Gasteiger partial charge in [0.2, 0.25) is 0 Å². The Morgan fingerprint density at radius 1 is 1.07 bits per heavy atom. The second kappa shape index (κ2) is 9.34. The van der Waals surface area contributed by atoms with Crippen molar-refractivity contribution in [1.29, 1.82) is 0 Å². The molecule has 3 rings (SSSR count). The minimum absolute atomic E-state index is 0.163. The van der Waals surface area contributed by atoms with E-state index in [1.54, 1.807) is 12.3 Å². The summed E-state index contributed by atoms with van der Waals surface area (Å²) >= 11 is 1.21. The molecule has 29 heavy (non-hydrogen) atoms. The van der Waals surface area contributed by atoms with E-state index in [-0.39, 0.29) is 17.7 Å². The van der Waals surface area contributed by atoms with E-state index < -0.39 is 17.7 Å². The lowest BCUT2D eigenvalue weighted by Gasteiger charge is -2.09. The fraction of sp³-hybridized carbons (Fsp3) is 0.182. The quantitative estimate of drug-likeness (QED) is 0.528. The van der Waals surface area contributed by atoms with Crippen molar-refractivity contribution in [2.75, 3.05) is 18.5 Å². The number of hydrogen-bond donors (Lipinski definition) is 1. The third-order valence-corrected chi connectivity index (χ3v) is 4.96. The molecule has 3 aromatic rings. The highest BCUT2D eigenvalue weighted by atomic mass is 32.1. The highest BCUT2D eigenvalue weighted by Crippen LogP contribution is 2.37. The molecule has 0 aliphatic heterocycles. The summed E-state index contributed by atoms with van der Waals surface area (Å²) in [6.45, 7) is 4.38. The Balaban J connectivity index is 1.95. The first-order valence-electron chi connectivity index (χ1n) is 9.12. The molecule has 1 aromatic heterocycles. The fourth-order valence-electron chi connectivity index (χ4n) is 2.77. The number of amides is 1. The van der Waals surface area contributed by atoms with E-state index in [1.807, 2.05) is 31.2 Å². The first kappa shape index (κ1) is 20.5. The van der Waals surface area contributed by atoms with Crippen LogP contribution < -0.4 is 10.1 Å². The van der Waals surface area contributed by atoms with Gasteiger partial charge < -0.3 is 14.8 Å². The van der Waals surface area contributed by atoms with E-state index in [0.29, 0.717) is 17.2 Å². The van der Waals surface area contributed by atoms with Crippen LogP contribution in [0.5, 0.6) is 5.75 Å². The van der Waals surface area contributed by atoms with Crippen LogP contribution in [-0.2, 0) is 4.74 Å². The predicted octanol–water partition coefficient (Wildman–Crippen LogP) is 5.38. The molecular formula is C22H20FNO4S. The van der Waals surface area contributed by atoms with Gasteiger partial charge in [0.25, 0.3) is 5.91 Å². The third-order valence-electron chi connectivity index (χ3n) is 4.06. The molecule has 0 saturated carbocycles. The lowest BCUT2D eigenvalue weighted by atomic mass is 10.0. The summed E-state index contributed by atoms with van der Waals surface area (Å²) in [6.07, 6.45) is 0. The van der Waals surface area contributed by atoms with Crippen LogP contribution in [0.15, 0.2) is 53.9 Å². The zero-order valence-electron chi connectivity index (χ0n) is 16.0.